The highest BCUT2D eigenvalue weighted by Crippen LogP contribution is 2.25. The average molecular weight is 489 g/mol. The van der Waals surface area contributed by atoms with Crippen LogP contribution in [0.4, 0.5) is 8.78 Å². The van der Waals surface area contributed by atoms with E-state index in [0.717, 1.165) is 31.2 Å². The smallest absolute Gasteiger partial charge is 0.387 e. The van der Waals surface area contributed by atoms with Crippen molar-refractivity contribution in [1.29, 1.82) is 0 Å². The number of carbonyl (C=O) groups is 1. The second-order valence-corrected chi connectivity index (χ2v) is 10.6. The number of carbonyl (C=O) groups excluding carboxylic acids is 1. The van der Waals surface area contributed by atoms with Gasteiger partial charge < -0.3 is 10.1 Å². The van der Waals surface area contributed by atoms with Crippen molar-refractivity contribution in [3.05, 3.63) is 29.8 Å². The van der Waals surface area contributed by atoms with Crippen LogP contribution < -0.4 is 10.1 Å². The molecule has 1 amide bonds. The van der Waals surface area contributed by atoms with E-state index in [1.54, 1.807) is 23.5 Å². The van der Waals surface area contributed by atoms with E-state index in [4.69, 9.17) is 0 Å². The standard InChI is InChI=1S/C22H34F2N4O4S/c1-26(19-5-3-2-4-6-19)33(30,31)28-15-13-27(14-16-28)17-21(29)25-12-11-18-7-9-20(10-8-18)32-22(23)24/h7-10,19,22H,2-6,11-17H2,1H3,(H,25,29). The lowest BCUT2D eigenvalue weighted by Crippen LogP contribution is -2.55. The fourth-order valence-electron chi connectivity index (χ4n) is 4.38. The Balaban J connectivity index is 1.36. The van der Waals surface area contributed by atoms with Crippen molar-refractivity contribution >= 4 is 16.1 Å². The second kappa shape index (κ2) is 12.0. The number of hydrogen-bond acceptors (Lipinski definition) is 5. The molecule has 2 fully saturated rings. The molecule has 11 heteroatoms. The summed E-state index contributed by atoms with van der Waals surface area (Å²) in [5.74, 6) is -0.0211. The van der Waals surface area contributed by atoms with E-state index in [0.29, 0.717) is 39.1 Å². The van der Waals surface area contributed by atoms with E-state index in [1.165, 1.54) is 22.9 Å². The third kappa shape index (κ3) is 7.59. The zero-order valence-corrected chi connectivity index (χ0v) is 19.9. The summed E-state index contributed by atoms with van der Waals surface area (Å²) in [4.78, 5) is 14.2. The molecule has 186 valence electrons. The topological polar surface area (TPSA) is 82.2 Å². The van der Waals surface area contributed by atoms with Crippen LogP contribution in [-0.4, -0.2) is 86.8 Å². The summed E-state index contributed by atoms with van der Waals surface area (Å²) in [6.45, 7) is -0.440. The predicted octanol–water partition coefficient (Wildman–Crippen LogP) is 2.07. The number of ether oxygens (including phenoxy) is 1. The lowest BCUT2D eigenvalue weighted by molar-refractivity contribution is -0.122. The molecule has 0 aromatic heterocycles. The lowest BCUT2D eigenvalue weighted by Gasteiger charge is -2.38. The van der Waals surface area contributed by atoms with Crippen LogP contribution in [0.25, 0.3) is 0 Å². The molecule has 1 saturated heterocycles. The van der Waals surface area contributed by atoms with Gasteiger partial charge in [0.15, 0.2) is 0 Å². The summed E-state index contributed by atoms with van der Waals surface area (Å²) >= 11 is 0. The zero-order chi connectivity index (χ0) is 23.8. The number of amides is 1. The van der Waals surface area contributed by atoms with Crippen molar-refractivity contribution in [2.75, 3.05) is 46.3 Å². The summed E-state index contributed by atoms with van der Waals surface area (Å²) < 4.78 is 57.7. The number of halogens is 2. The Morgan fingerprint density at radius 2 is 1.76 bits per heavy atom. The highest BCUT2D eigenvalue weighted by molar-refractivity contribution is 7.86. The fourth-order valence-corrected chi connectivity index (χ4v) is 5.95. The van der Waals surface area contributed by atoms with E-state index >= 15 is 0 Å². The number of benzene rings is 1. The molecular formula is C22H34F2N4O4S. The number of nitrogens with one attached hydrogen (secondary N) is 1. The molecule has 1 heterocycles. The molecule has 2 aliphatic rings. The molecule has 1 aliphatic carbocycles. The van der Waals surface area contributed by atoms with Gasteiger partial charge in [-0.1, -0.05) is 31.4 Å². The second-order valence-electron chi connectivity index (χ2n) is 8.61. The first-order valence-electron chi connectivity index (χ1n) is 11.5. The Hall–Kier alpha value is -1.82. The number of alkyl halides is 2. The fraction of sp³-hybridized carbons (Fsp3) is 0.682. The van der Waals surface area contributed by atoms with E-state index in [9.17, 15) is 22.0 Å². The normalized spacial score (nSPS) is 19.2. The SMILES string of the molecule is CN(C1CCCCC1)S(=O)(=O)N1CCN(CC(=O)NCCc2ccc(OC(F)F)cc2)CC1. The Labute approximate surface area is 195 Å². The Morgan fingerprint density at radius 3 is 2.36 bits per heavy atom. The average Bonchev–Trinajstić information content (AvgIpc) is 2.80. The first-order valence-corrected chi connectivity index (χ1v) is 12.9. The number of nitrogens with zero attached hydrogens (tertiary/aromatic N) is 3. The van der Waals surface area contributed by atoms with Crippen LogP contribution in [0.2, 0.25) is 0 Å². The van der Waals surface area contributed by atoms with E-state index < -0.39 is 16.8 Å². The number of piperazine rings is 1. The molecule has 0 bridgehead atoms. The van der Waals surface area contributed by atoms with Crippen molar-refractivity contribution in [3.8, 4) is 5.75 Å². The number of hydrogen-bond donors (Lipinski definition) is 1. The first-order chi connectivity index (χ1) is 15.8. The molecule has 1 N–H and O–H groups in total. The van der Waals surface area contributed by atoms with Crippen molar-refractivity contribution in [2.45, 2.75) is 51.2 Å². The maximum atomic E-state index is 13.0. The molecule has 0 unspecified atom stereocenters. The number of rotatable bonds is 10. The van der Waals surface area contributed by atoms with Crippen molar-refractivity contribution < 1.29 is 26.7 Å². The van der Waals surface area contributed by atoms with Gasteiger partial charge in [-0.25, -0.2) is 0 Å². The van der Waals surface area contributed by atoms with Crippen LogP contribution in [-0.2, 0) is 21.4 Å². The Bertz CT molecular complexity index is 856. The van der Waals surface area contributed by atoms with Crippen molar-refractivity contribution in [1.82, 2.24) is 18.8 Å². The molecule has 33 heavy (non-hydrogen) atoms. The lowest BCUT2D eigenvalue weighted by atomic mass is 9.96. The van der Waals surface area contributed by atoms with Gasteiger partial charge in [-0.15, -0.1) is 0 Å². The van der Waals surface area contributed by atoms with Gasteiger partial charge in [0.25, 0.3) is 10.2 Å². The van der Waals surface area contributed by atoms with Crippen LogP contribution in [0, 0.1) is 0 Å². The van der Waals surface area contributed by atoms with Crippen molar-refractivity contribution in [3.63, 3.8) is 0 Å². The highest BCUT2D eigenvalue weighted by atomic mass is 32.2. The van der Waals surface area contributed by atoms with Gasteiger partial charge in [-0.2, -0.15) is 25.8 Å². The minimum atomic E-state index is -3.48. The maximum Gasteiger partial charge on any atom is 0.387 e. The molecule has 1 saturated carbocycles. The summed E-state index contributed by atoms with van der Waals surface area (Å²) in [6.07, 6.45) is 5.73. The zero-order valence-electron chi connectivity index (χ0n) is 19.1. The maximum absolute atomic E-state index is 13.0. The largest absolute Gasteiger partial charge is 0.435 e. The molecule has 0 atom stereocenters. The quantitative estimate of drug-likeness (QED) is 0.545. The molecule has 3 rings (SSSR count). The molecule has 1 aromatic rings. The van der Waals surface area contributed by atoms with E-state index in [1.807, 2.05) is 4.90 Å². The molecule has 1 aromatic carbocycles. The first kappa shape index (κ1) is 25.8. The minimum Gasteiger partial charge on any atom is -0.435 e. The summed E-state index contributed by atoms with van der Waals surface area (Å²) in [5, 5.41) is 2.86. The predicted molar refractivity (Wildman–Crippen MR) is 121 cm³/mol. The summed E-state index contributed by atoms with van der Waals surface area (Å²) in [7, 11) is -1.79. The Morgan fingerprint density at radius 1 is 1.12 bits per heavy atom. The minimum absolute atomic E-state index is 0.0839. The monoisotopic (exact) mass is 488 g/mol. The van der Waals surface area contributed by atoms with Gasteiger partial charge in [-0.3, -0.25) is 9.69 Å². The van der Waals surface area contributed by atoms with Crippen LogP contribution in [0.15, 0.2) is 24.3 Å². The van der Waals surface area contributed by atoms with Gasteiger partial charge in [0, 0.05) is 45.8 Å². The van der Waals surface area contributed by atoms with Crippen LogP contribution in [0.3, 0.4) is 0 Å². The van der Waals surface area contributed by atoms with Gasteiger partial charge in [-0.05, 0) is 37.0 Å². The van der Waals surface area contributed by atoms with E-state index in [-0.39, 0.29) is 24.2 Å². The molecule has 0 spiro atoms. The molecule has 8 nitrogen and oxygen atoms in total. The Kier molecular flexibility index (Phi) is 9.42. The summed E-state index contributed by atoms with van der Waals surface area (Å²) in [6, 6.07) is 6.41. The van der Waals surface area contributed by atoms with Crippen LogP contribution in [0.1, 0.15) is 37.7 Å². The van der Waals surface area contributed by atoms with Crippen LogP contribution >= 0.6 is 0 Å². The molecule has 1 aliphatic heterocycles. The van der Waals surface area contributed by atoms with E-state index in [2.05, 4.69) is 10.1 Å². The third-order valence-electron chi connectivity index (χ3n) is 6.36. The summed E-state index contributed by atoms with van der Waals surface area (Å²) in [5.41, 5.74) is 0.901. The molecule has 0 radical (unpaired) electrons. The van der Waals surface area contributed by atoms with Gasteiger partial charge >= 0.3 is 6.61 Å². The van der Waals surface area contributed by atoms with Crippen molar-refractivity contribution in [2.24, 2.45) is 0 Å². The molecular weight excluding hydrogens is 454 g/mol. The van der Waals surface area contributed by atoms with Gasteiger partial charge in [0.1, 0.15) is 5.75 Å². The van der Waals surface area contributed by atoms with Crippen LogP contribution in [0.5, 0.6) is 5.75 Å². The van der Waals surface area contributed by atoms with Gasteiger partial charge in [0.2, 0.25) is 5.91 Å². The highest BCUT2D eigenvalue weighted by Gasteiger charge is 2.34. The van der Waals surface area contributed by atoms with Gasteiger partial charge in [0.05, 0.1) is 6.54 Å². The third-order valence-corrected chi connectivity index (χ3v) is 8.41.